The molecule has 0 saturated heterocycles. The molecule has 3 aromatic rings. The van der Waals surface area contributed by atoms with Crippen molar-refractivity contribution in [1.29, 1.82) is 0 Å². The lowest BCUT2D eigenvalue weighted by Crippen LogP contribution is -2.14. The highest BCUT2D eigenvalue weighted by Crippen LogP contribution is 2.28. The number of nitrogens with zero attached hydrogens (tertiary/aromatic N) is 3. The lowest BCUT2D eigenvalue weighted by molar-refractivity contribution is -0.113. The van der Waals surface area contributed by atoms with Crippen LogP contribution in [0.25, 0.3) is 0 Å². The van der Waals surface area contributed by atoms with E-state index in [9.17, 15) is 4.79 Å². The minimum atomic E-state index is -0.0802. The van der Waals surface area contributed by atoms with Crippen LogP contribution in [0.4, 0.5) is 5.69 Å². The SMILES string of the molecule is Cc1ccc(C(C)C)c(OCc2nnc(SCC(=O)Nc3ccccc3)n2C)c1. The molecule has 0 fully saturated rings. The molecule has 1 amide bonds. The van der Waals surface area contributed by atoms with Crippen LogP contribution in [0.3, 0.4) is 0 Å². The average Bonchev–Trinajstić information content (AvgIpc) is 3.05. The molecule has 0 aliphatic heterocycles. The Kier molecular flexibility index (Phi) is 6.93. The van der Waals surface area contributed by atoms with E-state index in [0.29, 0.717) is 23.5 Å². The third kappa shape index (κ3) is 5.60. The maximum Gasteiger partial charge on any atom is 0.234 e. The fraction of sp³-hybridized carbons (Fsp3) is 0.318. The van der Waals surface area contributed by atoms with Crippen LogP contribution in [0.15, 0.2) is 53.7 Å². The largest absolute Gasteiger partial charge is 0.485 e. The van der Waals surface area contributed by atoms with Crippen molar-refractivity contribution in [3.05, 3.63) is 65.5 Å². The molecule has 1 aromatic heterocycles. The van der Waals surface area contributed by atoms with Gasteiger partial charge in [-0.2, -0.15) is 0 Å². The quantitative estimate of drug-likeness (QED) is 0.552. The van der Waals surface area contributed by atoms with E-state index in [4.69, 9.17) is 4.74 Å². The zero-order valence-electron chi connectivity index (χ0n) is 17.2. The van der Waals surface area contributed by atoms with Crippen LogP contribution < -0.4 is 10.1 Å². The molecule has 3 rings (SSSR count). The molecule has 0 radical (unpaired) electrons. The summed E-state index contributed by atoms with van der Waals surface area (Å²) >= 11 is 1.35. The van der Waals surface area contributed by atoms with E-state index in [0.717, 1.165) is 17.0 Å². The first-order chi connectivity index (χ1) is 13.9. The summed E-state index contributed by atoms with van der Waals surface area (Å²) in [6, 6.07) is 15.7. The number of amides is 1. The molecule has 0 spiro atoms. The highest BCUT2D eigenvalue weighted by molar-refractivity contribution is 7.99. The molecular formula is C22H26N4O2S. The van der Waals surface area contributed by atoms with E-state index < -0.39 is 0 Å². The Balaban J connectivity index is 1.58. The second kappa shape index (κ2) is 9.60. The van der Waals surface area contributed by atoms with Gasteiger partial charge in [0.2, 0.25) is 5.91 Å². The number of anilines is 1. The molecule has 6 nitrogen and oxygen atoms in total. The number of thioether (sulfide) groups is 1. The number of hydrogen-bond donors (Lipinski definition) is 1. The maximum atomic E-state index is 12.1. The number of carbonyl (C=O) groups is 1. The van der Waals surface area contributed by atoms with E-state index >= 15 is 0 Å². The molecule has 1 N–H and O–H groups in total. The van der Waals surface area contributed by atoms with Gasteiger partial charge < -0.3 is 14.6 Å². The summed E-state index contributed by atoms with van der Waals surface area (Å²) in [5.41, 5.74) is 3.11. The maximum absolute atomic E-state index is 12.1. The van der Waals surface area contributed by atoms with Crippen LogP contribution in [0.1, 0.15) is 36.7 Å². The van der Waals surface area contributed by atoms with Gasteiger partial charge in [-0.05, 0) is 42.2 Å². The molecule has 29 heavy (non-hydrogen) atoms. The van der Waals surface area contributed by atoms with Gasteiger partial charge >= 0.3 is 0 Å². The highest BCUT2D eigenvalue weighted by atomic mass is 32.2. The molecule has 7 heteroatoms. The Hall–Kier alpha value is -2.80. The highest BCUT2D eigenvalue weighted by Gasteiger charge is 2.14. The molecule has 0 aliphatic rings. The smallest absolute Gasteiger partial charge is 0.234 e. The fourth-order valence-corrected chi connectivity index (χ4v) is 3.56. The zero-order chi connectivity index (χ0) is 20.8. The number of para-hydroxylation sites is 1. The normalized spacial score (nSPS) is 10.9. The van der Waals surface area contributed by atoms with Gasteiger partial charge in [0.15, 0.2) is 11.0 Å². The molecule has 1 heterocycles. The summed E-state index contributed by atoms with van der Waals surface area (Å²) in [5, 5.41) is 12.0. The first-order valence-electron chi connectivity index (χ1n) is 9.53. The summed E-state index contributed by atoms with van der Waals surface area (Å²) in [6.45, 7) is 6.67. The Morgan fingerprint density at radius 3 is 2.66 bits per heavy atom. The van der Waals surface area contributed by atoms with E-state index in [1.807, 2.05) is 41.9 Å². The van der Waals surface area contributed by atoms with Gasteiger partial charge in [-0.15, -0.1) is 10.2 Å². The summed E-state index contributed by atoms with van der Waals surface area (Å²) in [4.78, 5) is 12.1. The second-order valence-corrected chi connectivity index (χ2v) is 8.09. The number of benzene rings is 2. The first kappa shape index (κ1) is 20.9. The van der Waals surface area contributed by atoms with Crippen molar-refractivity contribution in [3.63, 3.8) is 0 Å². The van der Waals surface area contributed by atoms with E-state index in [2.05, 4.69) is 54.5 Å². The van der Waals surface area contributed by atoms with Crippen molar-refractivity contribution in [2.24, 2.45) is 7.05 Å². The van der Waals surface area contributed by atoms with Gasteiger partial charge in [-0.25, -0.2) is 0 Å². The monoisotopic (exact) mass is 410 g/mol. The predicted octanol–water partition coefficient (Wildman–Crippen LogP) is 4.56. The Bertz CT molecular complexity index is 970. The number of hydrogen-bond acceptors (Lipinski definition) is 5. The molecule has 2 aromatic carbocycles. The zero-order valence-corrected chi connectivity index (χ0v) is 18.0. The Labute approximate surface area is 175 Å². The summed E-state index contributed by atoms with van der Waals surface area (Å²) in [5.74, 6) is 2.14. The van der Waals surface area contributed by atoms with Gasteiger partial charge in [0.05, 0.1) is 5.75 Å². The standard InChI is InChI=1S/C22H26N4O2S/c1-15(2)18-11-10-16(3)12-19(18)28-13-20-24-25-22(26(20)4)29-14-21(27)23-17-8-6-5-7-9-17/h5-12,15H,13-14H2,1-4H3,(H,23,27). The van der Waals surface area contributed by atoms with Crippen molar-refractivity contribution in [3.8, 4) is 5.75 Å². The van der Waals surface area contributed by atoms with Gasteiger partial charge in [-0.1, -0.05) is 55.9 Å². The van der Waals surface area contributed by atoms with E-state index in [1.54, 1.807) is 0 Å². The lowest BCUT2D eigenvalue weighted by Gasteiger charge is -2.14. The van der Waals surface area contributed by atoms with Gasteiger partial charge in [0.25, 0.3) is 0 Å². The fourth-order valence-electron chi connectivity index (χ4n) is 2.83. The molecule has 0 saturated carbocycles. The van der Waals surface area contributed by atoms with Crippen LogP contribution in [0.2, 0.25) is 0 Å². The van der Waals surface area contributed by atoms with Crippen LogP contribution in [-0.2, 0) is 18.4 Å². The van der Waals surface area contributed by atoms with Crippen LogP contribution in [-0.4, -0.2) is 26.4 Å². The van der Waals surface area contributed by atoms with Crippen molar-refractivity contribution in [2.75, 3.05) is 11.1 Å². The number of aromatic nitrogens is 3. The van der Waals surface area contributed by atoms with Crippen LogP contribution >= 0.6 is 11.8 Å². The molecule has 152 valence electrons. The predicted molar refractivity (Wildman–Crippen MR) is 116 cm³/mol. The Morgan fingerprint density at radius 1 is 1.17 bits per heavy atom. The minimum absolute atomic E-state index is 0.0802. The molecule has 0 atom stereocenters. The summed E-state index contributed by atoms with van der Waals surface area (Å²) in [7, 11) is 1.88. The van der Waals surface area contributed by atoms with Crippen molar-refractivity contribution < 1.29 is 9.53 Å². The van der Waals surface area contributed by atoms with Gasteiger partial charge in [-0.3, -0.25) is 4.79 Å². The number of rotatable bonds is 8. The molecule has 0 aliphatic carbocycles. The third-order valence-electron chi connectivity index (χ3n) is 4.46. The van der Waals surface area contributed by atoms with Crippen molar-refractivity contribution in [1.82, 2.24) is 14.8 Å². The number of nitrogens with one attached hydrogen (secondary N) is 1. The lowest BCUT2D eigenvalue weighted by atomic mass is 10.0. The molecule has 0 unspecified atom stereocenters. The second-order valence-electron chi connectivity index (χ2n) is 7.15. The van der Waals surface area contributed by atoms with Crippen molar-refractivity contribution in [2.45, 2.75) is 38.5 Å². The van der Waals surface area contributed by atoms with Crippen LogP contribution in [0.5, 0.6) is 5.75 Å². The van der Waals surface area contributed by atoms with Gasteiger partial charge in [0, 0.05) is 12.7 Å². The molecular weight excluding hydrogens is 384 g/mol. The number of ether oxygens (including phenoxy) is 1. The van der Waals surface area contributed by atoms with Crippen molar-refractivity contribution >= 4 is 23.4 Å². The topological polar surface area (TPSA) is 69.0 Å². The average molecular weight is 411 g/mol. The number of aryl methyl sites for hydroxylation is 1. The van der Waals surface area contributed by atoms with E-state index in [-0.39, 0.29) is 11.7 Å². The first-order valence-corrected chi connectivity index (χ1v) is 10.5. The summed E-state index contributed by atoms with van der Waals surface area (Å²) in [6.07, 6.45) is 0. The summed E-state index contributed by atoms with van der Waals surface area (Å²) < 4.78 is 7.92. The Morgan fingerprint density at radius 2 is 1.93 bits per heavy atom. The molecule has 0 bridgehead atoms. The number of carbonyl (C=O) groups excluding carboxylic acids is 1. The third-order valence-corrected chi connectivity index (χ3v) is 5.48. The van der Waals surface area contributed by atoms with Gasteiger partial charge in [0.1, 0.15) is 12.4 Å². The van der Waals surface area contributed by atoms with Crippen LogP contribution in [0, 0.1) is 6.92 Å². The van der Waals surface area contributed by atoms with E-state index in [1.165, 1.54) is 17.3 Å². The minimum Gasteiger partial charge on any atom is -0.485 e.